The van der Waals surface area contributed by atoms with Crippen LogP contribution < -0.4 is 15.2 Å². The molecular formula is C19H15BrN2O3. The molecule has 5 nitrogen and oxygen atoms in total. The number of carbonyl (C=O) groups is 2. The lowest BCUT2D eigenvalue weighted by molar-refractivity contribution is -0.117. The van der Waals surface area contributed by atoms with E-state index in [-0.39, 0.29) is 17.6 Å². The Morgan fingerprint density at radius 1 is 1.20 bits per heavy atom. The first-order chi connectivity index (χ1) is 12.0. The van der Waals surface area contributed by atoms with Crippen LogP contribution in [0.3, 0.4) is 0 Å². The van der Waals surface area contributed by atoms with Crippen molar-refractivity contribution in [2.75, 3.05) is 5.01 Å². The number of anilines is 1. The Morgan fingerprint density at radius 2 is 1.96 bits per heavy atom. The highest BCUT2D eigenvalue weighted by Crippen LogP contribution is 2.30. The minimum absolute atomic E-state index is 0.120. The van der Waals surface area contributed by atoms with Crippen molar-refractivity contribution in [3.05, 3.63) is 63.6 Å². The van der Waals surface area contributed by atoms with Crippen molar-refractivity contribution in [3.63, 3.8) is 0 Å². The van der Waals surface area contributed by atoms with Gasteiger partial charge in [-0.3, -0.25) is 15.0 Å². The molecule has 0 radical (unpaired) electrons. The summed E-state index contributed by atoms with van der Waals surface area (Å²) in [5, 5.41) is 1.26. The van der Waals surface area contributed by atoms with Crippen LogP contribution in [0.25, 0.3) is 6.08 Å². The number of fused-ring (bicyclic) bond motifs is 1. The van der Waals surface area contributed by atoms with Crippen molar-refractivity contribution in [2.45, 2.75) is 19.4 Å². The third-order valence-corrected chi connectivity index (χ3v) is 4.74. The van der Waals surface area contributed by atoms with Crippen molar-refractivity contribution < 1.29 is 14.3 Å². The average Bonchev–Trinajstić information content (AvgIpc) is 3.09. The number of benzene rings is 2. The van der Waals surface area contributed by atoms with E-state index in [2.05, 4.69) is 21.4 Å². The zero-order valence-corrected chi connectivity index (χ0v) is 15.0. The molecule has 0 spiro atoms. The molecular weight excluding hydrogens is 384 g/mol. The van der Waals surface area contributed by atoms with Crippen LogP contribution in [0.1, 0.15) is 18.1 Å². The summed E-state index contributed by atoms with van der Waals surface area (Å²) in [6, 6.07) is 12.9. The first kappa shape index (κ1) is 15.9. The molecule has 4 rings (SSSR count). The SMILES string of the molecule is C[C@@H]1Cc2cc(/C=C3/C(=O)NN(c4ccc(Br)cc4)C3=O)ccc2O1. The minimum Gasteiger partial charge on any atom is -0.490 e. The molecule has 0 bridgehead atoms. The van der Waals surface area contributed by atoms with Gasteiger partial charge in [0.1, 0.15) is 17.4 Å². The number of carbonyl (C=O) groups excluding carboxylic acids is 2. The van der Waals surface area contributed by atoms with E-state index < -0.39 is 5.91 Å². The van der Waals surface area contributed by atoms with Crippen LogP contribution in [0, 0.1) is 0 Å². The van der Waals surface area contributed by atoms with E-state index in [4.69, 9.17) is 4.74 Å². The van der Waals surface area contributed by atoms with Gasteiger partial charge >= 0.3 is 0 Å². The van der Waals surface area contributed by atoms with Gasteiger partial charge in [0.05, 0.1) is 5.69 Å². The molecule has 1 saturated heterocycles. The lowest BCUT2D eigenvalue weighted by atomic mass is 10.0. The molecule has 1 atom stereocenters. The predicted molar refractivity (Wildman–Crippen MR) is 98.0 cm³/mol. The summed E-state index contributed by atoms with van der Waals surface area (Å²) in [6.07, 6.45) is 2.61. The number of hydrogen-bond donors (Lipinski definition) is 1. The summed E-state index contributed by atoms with van der Waals surface area (Å²) >= 11 is 3.35. The molecule has 126 valence electrons. The van der Waals surface area contributed by atoms with Gasteiger partial charge in [-0.05, 0) is 60.5 Å². The minimum atomic E-state index is -0.405. The Labute approximate surface area is 153 Å². The molecule has 2 aliphatic rings. The molecule has 2 heterocycles. The molecule has 2 aromatic carbocycles. The quantitative estimate of drug-likeness (QED) is 0.623. The molecule has 0 saturated carbocycles. The van der Waals surface area contributed by atoms with Gasteiger partial charge in [0.15, 0.2) is 0 Å². The summed E-state index contributed by atoms with van der Waals surface area (Å²) in [5.41, 5.74) is 5.25. The molecule has 1 fully saturated rings. The van der Waals surface area contributed by atoms with Crippen LogP contribution in [0.5, 0.6) is 5.75 Å². The second-order valence-corrected chi connectivity index (χ2v) is 7.03. The Balaban J connectivity index is 1.63. The number of ether oxygens (including phenoxy) is 1. The largest absolute Gasteiger partial charge is 0.490 e. The van der Waals surface area contributed by atoms with E-state index in [1.807, 2.05) is 37.3 Å². The molecule has 0 aliphatic carbocycles. The van der Waals surface area contributed by atoms with Crippen molar-refractivity contribution in [2.24, 2.45) is 0 Å². The second kappa shape index (κ2) is 6.04. The van der Waals surface area contributed by atoms with E-state index in [9.17, 15) is 9.59 Å². The maximum Gasteiger partial charge on any atom is 0.282 e. The van der Waals surface area contributed by atoms with Crippen LogP contribution in [0.15, 0.2) is 52.5 Å². The summed E-state index contributed by atoms with van der Waals surface area (Å²) in [7, 11) is 0. The molecule has 1 N–H and O–H groups in total. The Kier molecular flexibility index (Phi) is 3.84. The predicted octanol–water partition coefficient (Wildman–Crippen LogP) is 3.23. The molecule has 2 amide bonds. The van der Waals surface area contributed by atoms with E-state index in [0.29, 0.717) is 5.69 Å². The average molecular weight is 399 g/mol. The smallest absolute Gasteiger partial charge is 0.282 e. The zero-order valence-electron chi connectivity index (χ0n) is 13.5. The fourth-order valence-electron chi connectivity index (χ4n) is 3.03. The normalized spacial score (nSPS) is 20.6. The van der Waals surface area contributed by atoms with Gasteiger partial charge in [-0.1, -0.05) is 22.0 Å². The highest BCUT2D eigenvalue weighted by atomic mass is 79.9. The van der Waals surface area contributed by atoms with Crippen LogP contribution in [0.2, 0.25) is 0 Å². The first-order valence-electron chi connectivity index (χ1n) is 7.93. The summed E-state index contributed by atoms with van der Waals surface area (Å²) in [6.45, 7) is 2.02. The van der Waals surface area contributed by atoms with Gasteiger partial charge in [-0.15, -0.1) is 0 Å². The monoisotopic (exact) mass is 398 g/mol. The Morgan fingerprint density at radius 3 is 2.72 bits per heavy atom. The number of nitrogens with one attached hydrogen (secondary N) is 1. The second-order valence-electron chi connectivity index (χ2n) is 6.12. The molecule has 2 aliphatic heterocycles. The lowest BCUT2D eigenvalue weighted by Crippen LogP contribution is -2.35. The van der Waals surface area contributed by atoms with Crippen LogP contribution in [-0.4, -0.2) is 17.9 Å². The zero-order chi connectivity index (χ0) is 17.6. The molecule has 0 unspecified atom stereocenters. The topological polar surface area (TPSA) is 58.6 Å². The number of halogens is 1. The van der Waals surface area contributed by atoms with Crippen molar-refractivity contribution in [1.29, 1.82) is 0 Å². The highest BCUT2D eigenvalue weighted by Gasteiger charge is 2.34. The van der Waals surface area contributed by atoms with Gasteiger partial charge in [0.25, 0.3) is 11.8 Å². The lowest BCUT2D eigenvalue weighted by Gasteiger charge is -2.14. The van der Waals surface area contributed by atoms with Gasteiger partial charge in [0.2, 0.25) is 0 Å². The first-order valence-corrected chi connectivity index (χ1v) is 8.73. The molecule has 0 aromatic heterocycles. The van der Waals surface area contributed by atoms with Crippen molar-refractivity contribution in [3.8, 4) is 5.75 Å². The third-order valence-electron chi connectivity index (χ3n) is 4.21. The number of amides is 2. The van der Waals surface area contributed by atoms with E-state index in [1.165, 1.54) is 5.01 Å². The van der Waals surface area contributed by atoms with Gasteiger partial charge in [-0.25, -0.2) is 5.01 Å². The Bertz CT molecular complexity index is 905. The Hall–Kier alpha value is -2.60. The van der Waals surface area contributed by atoms with E-state index in [1.54, 1.807) is 18.2 Å². The maximum atomic E-state index is 12.6. The third kappa shape index (κ3) is 2.93. The number of hydrazine groups is 1. The summed E-state index contributed by atoms with van der Waals surface area (Å²) in [5.74, 6) is 0.101. The van der Waals surface area contributed by atoms with E-state index >= 15 is 0 Å². The fourth-order valence-corrected chi connectivity index (χ4v) is 3.29. The van der Waals surface area contributed by atoms with Gasteiger partial charge < -0.3 is 4.74 Å². The maximum absolute atomic E-state index is 12.6. The van der Waals surface area contributed by atoms with Gasteiger partial charge in [0, 0.05) is 10.9 Å². The number of hydrogen-bond acceptors (Lipinski definition) is 3. The molecule has 25 heavy (non-hydrogen) atoms. The van der Waals surface area contributed by atoms with Crippen LogP contribution in [-0.2, 0) is 16.0 Å². The standard InChI is InChI=1S/C19H15BrN2O3/c1-11-8-13-9-12(2-7-17(13)25-11)10-16-18(23)21-22(19(16)24)15-5-3-14(20)4-6-15/h2-7,9-11H,8H2,1H3,(H,21,23)/b16-10-/t11-/m1/s1. The molecule has 2 aromatic rings. The van der Waals surface area contributed by atoms with Gasteiger partial charge in [-0.2, -0.15) is 0 Å². The molecule has 6 heteroatoms. The van der Waals surface area contributed by atoms with Crippen molar-refractivity contribution in [1.82, 2.24) is 5.43 Å². The number of nitrogens with zero attached hydrogens (tertiary/aromatic N) is 1. The summed E-state index contributed by atoms with van der Waals surface area (Å²) < 4.78 is 6.58. The van der Waals surface area contributed by atoms with E-state index in [0.717, 1.165) is 27.8 Å². The fraction of sp³-hybridized carbons (Fsp3) is 0.158. The number of rotatable bonds is 2. The summed E-state index contributed by atoms with van der Waals surface area (Å²) in [4.78, 5) is 24.9. The highest BCUT2D eigenvalue weighted by molar-refractivity contribution is 9.10. The van der Waals surface area contributed by atoms with Crippen LogP contribution >= 0.6 is 15.9 Å². The van der Waals surface area contributed by atoms with Crippen molar-refractivity contribution >= 4 is 39.5 Å². The van der Waals surface area contributed by atoms with Crippen LogP contribution in [0.4, 0.5) is 5.69 Å².